The van der Waals surface area contributed by atoms with E-state index in [2.05, 4.69) is 17.0 Å². The number of aryl methyl sites for hydroxylation is 1. The molecule has 7 nitrogen and oxygen atoms in total. The maximum Gasteiger partial charge on any atom is 0.251 e. The molecule has 2 fully saturated rings. The van der Waals surface area contributed by atoms with Gasteiger partial charge in [-0.1, -0.05) is 48.9 Å². The van der Waals surface area contributed by atoms with Gasteiger partial charge < -0.3 is 14.9 Å². The summed E-state index contributed by atoms with van der Waals surface area (Å²) in [4.78, 5) is 15.9. The van der Waals surface area contributed by atoms with E-state index in [1.807, 2.05) is 42.5 Å². The predicted molar refractivity (Wildman–Crippen MR) is 139 cm³/mol. The van der Waals surface area contributed by atoms with E-state index in [-0.39, 0.29) is 11.2 Å². The van der Waals surface area contributed by atoms with Crippen molar-refractivity contribution in [1.82, 2.24) is 9.21 Å². The van der Waals surface area contributed by atoms with Gasteiger partial charge in [0.25, 0.3) is 5.91 Å². The molecule has 35 heavy (non-hydrogen) atoms. The molecule has 1 amide bonds. The second kappa shape index (κ2) is 11.5. The van der Waals surface area contributed by atoms with Crippen molar-refractivity contribution in [2.75, 3.05) is 37.6 Å². The van der Waals surface area contributed by atoms with Crippen LogP contribution in [-0.2, 0) is 27.8 Å². The largest absolute Gasteiger partial charge is 0.384 e. The van der Waals surface area contributed by atoms with Crippen LogP contribution in [0.4, 0.5) is 5.69 Å². The van der Waals surface area contributed by atoms with Crippen molar-refractivity contribution >= 4 is 21.6 Å². The Labute approximate surface area is 209 Å². The van der Waals surface area contributed by atoms with Gasteiger partial charge in [-0.3, -0.25) is 4.79 Å². The average molecular weight is 500 g/mol. The number of benzene rings is 2. The van der Waals surface area contributed by atoms with E-state index >= 15 is 0 Å². The zero-order valence-electron chi connectivity index (χ0n) is 20.6. The van der Waals surface area contributed by atoms with Gasteiger partial charge in [0.1, 0.15) is 6.10 Å². The zero-order valence-corrected chi connectivity index (χ0v) is 21.4. The highest BCUT2D eigenvalue weighted by molar-refractivity contribution is 7.89. The quantitative estimate of drug-likeness (QED) is 0.633. The number of amides is 1. The number of piperazine rings is 1. The number of sulfonamides is 1. The Morgan fingerprint density at radius 3 is 2.29 bits per heavy atom. The number of hydrogen-bond donors (Lipinski definition) is 1. The fourth-order valence-corrected chi connectivity index (χ4v) is 7.06. The second-order valence-corrected chi connectivity index (χ2v) is 11.9. The van der Waals surface area contributed by atoms with E-state index in [1.54, 1.807) is 9.21 Å². The van der Waals surface area contributed by atoms with Crippen LogP contribution in [0, 0.1) is 0 Å². The van der Waals surface area contributed by atoms with Gasteiger partial charge in [0.05, 0.1) is 5.25 Å². The Bertz CT molecular complexity index is 1070. The molecular formula is C27H37N3O4S. The molecule has 2 aromatic rings. The number of anilines is 1. The summed E-state index contributed by atoms with van der Waals surface area (Å²) in [7, 11) is -3.36. The Morgan fingerprint density at radius 2 is 1.63 bits per heavy atom. The fourth-order valence-electron chi connectivity index (χ4n) is 5.05. The zero-order chi connectivity index (χ0) is 24.8. The molecule has 2 aliphatic heterocycles. The Kier molecular flexibility index (Phi) is 8.46. The molecule has 8 heteroatoms. The molecule has 2 unspecified atom stereocenters. The topological polar surface area (TPSA) is 81.2 Å². The molecule has 190 valence electrons. The predicted octanol–water partition coefficient (Wildman–Crippen LogP) is 3.03. The number of nitrogens with zero attached hydrogens (tertiary/aromatic N) is 3. The van der Waals surface area contributed by atoms with Crippen LogP contribution >= 0.6 is 0 Å². The first-order valence-electron chi connectivity index (χ1n) is 12.7. The normalized spacial score (nSPS) is 21.9. The first-order chi connectivity index (χ1) is 16.8. The van der Waals surface area contributed by atoms with Crippen LogP contribution in [0.5, 0.6) is 0 Å². The minimum absolute atomic E-state index is 0.222. The molecule has 0 bridgehead atoms. The van der Waals surface area contributed by atoms with Gasteiger partial charge in [-0.25, -0.2) is 8.42 Å². The summed E-state index contributed by atoms with van der Waals surface area (Å²) >= 11 is 0. The third-order valence-electron chi connectivity index (χ3n) is 7.17. The van der Waals surface area contributed by atoms with Gasteiger partial charge in [-0.15, -0.1) is 0 Å². The summed E-state index contributed by atoms with van der Waals surface area (Å²) in [5, 5.41) is 9.19. The fraction of sp³-hybridized carbons (Fsp3) is 0.519. The third-order valence-corrected chi connectivity index (χ3v) is 9.52. The van der Waals surface area contributed by atoms with Crippen molar-refractivity contribution in [2.45, 2.75) is 56.9 Å². The Morgan fingerprint density at radius 1 is 0.943 bits per heavy atom. The molecule has 0 radical (unpaired) electrons. The Hall–Kier alpha value is -2.42. The maximum atomic E-state index is 13.5. The first-order valence-corrected chi connectivity index (χ1v) is 14.2. The molecule has 2 heterocycles. The van der Waals surface area contributed by atoms with Crippen LogP contribution in [0.15, 0.2) is 54.6 Å². The lowest BCUT2D eigenvalue weighted by Gasteiger charge is -2.36. The minimum atomic E-state index is -3.36. The number of aliphatic hydroxyl groups is 1. The summed E-state index contributed by atoms with van der Waals surface area (Å²) in [5.74, 6) is -0.222. The highest BCUT2D eigenvalue weighted by atomic mass is 32.2. The summed E-state index contributed by atoms with van der Waals surface area (Å²) in [5.41, 5.74) is 3.24. The summed E-state index contributed by atoms with van der Waals surface area (Å²) in [6.45, 7) is 5.07. The van der Waals surface area contributed by atoms with Gasteiger partial charge >= 0.3 is 0 Å². The number of hydrogen-bond acceptors (Lipinski definition) is 5. The van der Waals surface area contributed by atoms with Crippen LogP contribution in [-0.4, -0.2) is 72.7 Å². The van der Waals surface area contributed by atoms with Crippen molar-refractivity contribution in [3.63, 3.8) is 0 Å². The van der Waals surface area contributed by atoms with Crippen LogP contribution in [0.25, 0.3) is 0 Å². The standard InChI is InChI=1S/C27H37N3O4S/c1-22(31)27(32)29-19-17-28(18-20-29)25-13-10-24(11-14-25)21-30-16-6-5-9-26(35(30,33)34)15-12-23-7-3-2-4-8-23/h2-4,7-8,10-11,13-14,22,26,31H,5-6,9,12,15-21H2,1H3. The molecule has 2 aliphatic rings. The SMILES string of the molecule is CC(O)C(=O)N1CCN(c2ccc(CN3CCCCC(CCc4ccccc4)S3(=O)=O)cc2)CC1. The van der Waals surface area contributed by atoms with Crippen molar-refractivity contribution < 1.29 is 18.3 Å². The van der Waals surface area contributed by atoms with E-state index in [0.29, 0.717) is 45.7 Å². The lowest BCUT2D eigenvalue weighted by Crippen LogP contribution is -2.51. The molecule has 0 spiro atoms. The van der Waals surface area contributed by atoms with E-state index in [4.69, 9.17) is 0 Å². The molecule has 2 atom stereocenters. The van der Waals surface area contributed by atoms with Crippen molar-refractivity contribution in [2.24, 2.45) is 0 Å². The van der Waals surface area contributed by atoms with Gasteiger partial charge in [0.15, 0.2) is 0 Å². The highest BCUT2D eigenvalue weighted by Gasteiger charge is 2.33. The number of rotatable bonds is 7. The Balaban J connectivity index is 1.36. The van der Waals surface area contributed by atoms with E-state index in [9.17, 15) is 18.3 Å². The summed E-state index contributed by atoms with van der Waals surface area (Å²) in [6.07, 6.45) is 3.05. The van der Waals surface area contributed by atoms with Crippen LogP contribution in [0.3, 0.4) is 0 Å². The number of aliphatic hydroxyl groups excluding tert-OH is 1. The molecule has 0 saturated carbocycles. The van der Waals surface area contributed by atoms with Crippen LogP contribution in [0.1, 0.15) is 43.7 Å². The third kappa shape index (κ3) is 6.42. The van der Waals surface area contributed by atoms with Crippen LogP contribution < -0.4 is 4.90 Å². The molecule has 2 aromatic carbocycles. The molecule has 0 aromatic heterocycles. The van der Waals surface area contributed by atoms with Crippen molar-refractivity contribution in [1.29, 1.82) is 0 Å². The van der Waals surface area contributed by atoms with E-state index < -0.39 is 16.1 Å². The maximum absolute atomic E-state index is 13.5. The smallest absolute Gasteiger partial charge is 0.251 e. The van der Waals surface area contributed by atoms with Crippen LogP contribution in [0.2, 0.25) is 0 Å². The molecule has 2 saturated heterocycles. The van der Waals surface area contributed by atoms with Gasteiger partial charge in [-0.2, -0.15) is 4.31 Å². The first kappa shape index (κ1) is 25.7. The molecule has 1 N–H and O–H groups in total. The average Bonchev–Trinajstić information content (AvgIpc) is 3.01. The molecule has 0 aliphatic carbocycles. The van der Waals surface area contributed by atoms with Gasteiger partial charge in [-0.05, 0) is 55.9 Å². The number of carbonyl (C=O) groups is 1. The second-order valence-electron chi connectivity index (χ2n) is 9.68. The molecular weight excluding hydrogens is 462 g/mol. The highest BCUT2D eigenvalue weighted by Crippen LogP contribution is 2.27. The molecule has 4 rings (SSSR count). The lowest BCUT2D eigenvalue weighted by atomic mass is 10.1. The van der Waals surface area contributed by atoms with Gasteiger partial charge in [0.2, 0.25) is 10.0 Å². The summed E-state index contributed by atoms with van der Waals surface area (Å²) < 4.78 is 28.6. The summed E-state index contributed by atoms with van der Waals surface area (Å²) in [6, 6.07) is 18.2. The van der Waals surface area contributed by atoms with E-state index in [1.165, 1.54) is 12.5 Å². The monoisotopic (exact) mass is 499 g/mol. The van der Waals surface area contributed by atoms with E-state index in [0.717, 1.165) is 36.9 Å². The minimum Gasteiger partial charge on any atom is -0.384 e. The lowest BCUT2D eigenvalue weighted by molar-refractivity contribution is -0.139. The van der Waals surface area contributed by atoms with Gasteiger partial charge in [0, 0.05) is 45.0 Å². The number of carbonyl (C=O) groups excluding carboxylic acids is 1. The van der Waals surface area contributed by atoms with Crippen molar-refractivity contribution in [3.8, 4) is 0 Å². The van der Waals surface area contributed by atoms with Crippen molar-refractivity contribution in [3.05, 3.63) is 65.7 Å².